The summed E-state index contributed by atoms with van der Waals surface area (Å²) >= 11 is 5.99. The van der Waals surface area contributed by atoms with Gasteiger partial charge in [-0.05, 0) is 43.5 Å². The van der Waals surface area contributed by atoms with Gasteiger partial charge in [-0.25, -0.2) is 0 Å². The molecule has 0 aliphatic heterocycles. The topological polar surface area (TPSA) is 20.2 Å². The second kappa shape index (κ2) is 4.63. The van der Waals surface area contributed by atoms with Crippen molar-refractivity contribution in [1.82, 2.24) is 0 Å². The molecule has 2 heteroatoms. The van der Waals surface area contributed by atoms with Gasteiger partial charge in [-0.1, -0.05) is 29.8 Å². The number of benzene rings is 1. The van der Waals surface area contributed by atoms with Gasteiger partial charge in [0.25, 0.3) is 0 Å². The van der Waals surface area contributed by atoms with Crippen LogP contribution in [0.25, 0.3) is 6.08 Å². The molecule has 0 saturated heterocycles. The van der Waals surface area contributed by atoms with Crippen molar-refractivity contribution in [2.24, 2.45) is 0 Å². The van der Waals surface area contributed by atoms with E-state index >= 15 is 0 Å². The number of rotatable bonds is 2. The van der Waals surface area contributed by atoms with Crippen LogP contribution in [0.2, 0.25) is 5.02 Å². The van der Waals surface area contributed by atoms with Crippen LogP contribution >= 0.6 is 11.6 Å². The van der Waals surface area contributed by atoms with Gasteiger partial charge in [0.2, 0.25) is 0 Å². The quantitative estimate of drug-likeness (QED) is 0.793. The Morgan fingerprint density at radius 1 is 1.50 bits per heavy atom. The van der Waals surface area contributed by atoms with E-state index in [-0.39, 0.29) is 0 Å². The molecule has 0 aliphatic rings. The summed E-state index contributed by atoms with van der Waals surface area (Å²) in [5.74, 6) is 0. The molecule has 1 N–H and O–H groups in total. The molecule has 0 bridgehead atoms. The van der Waals surface area contributed by atoms with E-state index in [1.807, 2.05) is 38.1 Å². The Balaban J connectivity index is 2.98. The Morgan fingerprint density at radius 3 is 2.64 bits per heavy atom. The van der Waals surface area contributed by atoms with Gasteiger partial charge in [-0.3, -0.25) is 0 Å². The third-order valence-corrected chi connectivity index (χ3v) is 2.66. The highest BCUT2D eigenvalue weighted by atomic mass is 35.5. The van der Waals surface area contributed by atoms with Gasteiger partial charge in [-0.2, -0.15) is 0 Å². The standard InChI is InChI=1S/C12H15ClO/c1-8-4-5-11(7-12(8)13)6-9(2)10(3)14/h4-7,10,14H,1-3H3/b9-6+. The highest BCUT2D eigenvalue weighted by Gasteiger charge is 1.99. The number of aliphatic hydroxyl groups is 1. The molecule has 1 aromatic rings. The normalized spacial score (nSPS) is 14.2. The maximum atomic E-state index is 9.30. The highest BCUT2D eigenvalue weighted by Crippen LogP contribution is 2.19. The predicted octanol–water partition coefficient (Wildman–Crippen LogP) is 3.43. The maximum Gasteiger partial charge on any atom is 0.0722 e. The van der Waals surface area contributed by atoms with E-state index in [1.54, 1.807) is 6.92 Å². The molecule has 0 fully saturated rings. The van der Waals surface area contributed by atoms with Crippen molar-refractivity contribution in [1.29, 1.82) is 0 Å². The van der Waals surface area contributed by atoms with Crippen LogP contribution in [0.3, 0.4) is 0 Å². The highest BCUT2D eigenvalue weighted by molar-refractivity contribution is 6.31. The van der Waals surface area contributed by atoms with Gasteiger partial charge in [0.1, 0.15) is 0 Å². The summed E-state index contributed by atoms with van der Waals surface area (Å²) in [5.41, 5.74) is 3.03. The van der Waals surface area contributed by atoms with Crippen LogP contribution < -0.4 is 0 Å². The molecular weight excluding hydrogens is 196 g/mol. The molecule has 1 atom stereocenters. The molecule has 1 unspecified atom stereocenters. The Labute approximate surface area is 90.0 Å². The average Bonchev–Trinajstić information content (AvgIpc) is 2.11. The van der Waals surface area contributed by atoms with Crippen molar-refractivity contribution in [2.75, 3.05) is 0 Å². The van der Waals surface area contributed by atoms with Gasteiger partial charge in [0, 0.05) is 5.02 Å². The van der Waals surface area contributed by atoms with Crippen LogP contribution in [-0.4, -0.2) is 11.2 Å². The average molecular weight is 211 g/mol. The number of hydrogen-bond acceptors (Lipinski definition) is 1. The fourth-order valence-corrected chi connectivity index (χ4v) is 1.27. The van der Waals surface area contributed by atoms with Gasteiger partial charge in [0.15, 0.2) is 0 Å². The maximum absolute atomic E-state index is 9.30. The number of halogens is 1. The Bertz CT molecular complexity index is 353. The molecule has 1 nitrogen and oxygen atoms in total. The SMILES string of the molecule is C/C(=C\c1ccc(C)c(Cl)c1)C(C)O. The summed E-state index contributed by atoms with van der Waals surface area (Å²) in [7, 11) is 0. The molecule has 1 aromatic carbocycles. The van der Waals surface area contributed by atoms with Crippen LogP contribution in [0.15, 0.2) is 23.8 Å². The summed E-state index contributed by atoms with van der Waals surface area (Å²) in [6.07, 6.45) is 1.53. The second-order valence-electron chi connectivity index (χ2n) is 3.57. The third kappa shape index (κ3) is 2.86. The first-order valence-corrected chi connectivity index (χ1v) is 5.01. The first-order chi connectivity index (χ1) is 6.50. The molecule has 0 aliphatic carbocycles. The lowest BCUT2D eigenvalue weighted by molar-refractivity contribution is 0.232. The monoisotopic (exact) mass is 210 g/mol. The summed E-state index contributed by atoms with van der Waals surface area (Å²) in [5, 5.41) is 10.1. The smallest absolute Gasteiger partial charge is 0.0722 e. The Kier molecular flexibility index (Phi) is 3.73. The summed E-state index contributed by atoms with van der Waals surface area (Å²) < 4.78 is 0. The molecule has 14 heavy (non-hydrogen) atoms. The molecule has 0 spiro atoms. The zero-order valence-corrected chi connectivity index (χ0v) is 9.47. The van der Waals surface area contributed by atoms with Crippen molar-refractivity contribution in [3.8, 4) is 0 Å². The van der Waals surface area contributed by atoms with E-state index in [2.05, 4.69) is 0 Å². The minimum absolute atomic E-state index is 0.407. The molecular formula is C12H15ClO. The fourth-order valence-electron chi connectivity index (χ4n) is 1.08. The minimum atomic E-state index is -0.407. The largest absolute Gasteiger partial charge is 0.389 e. The van der Waals surface area contributed by atoms with Crippen LogP contribution in [0.5, 0.6) is 0 Å². The van der Waals surface area contributed by atoms with Crippen molar-refractivity contribution in [3.63, 3.8) is 0 Å². The van der Waals surface area contributed by atoms with Crippen LogP contribution in [0.1, 0.15) is 25.0 Å². The first kappa shape index (κ1) is 11.3. The molecule has 0 aromatic heterocycles. The van der Waals surface area contributed by atoms with Crippen LogP contribution in [0.4, 0.5) is 0 Å². The van der Waals surface area contributed by atoms with Crippen molar-refractivity contribution in [3.05, 3.63) is 39.9 Å². The van der Waals surface area contributed by atoms with Crippen LogP contribution in [0, 0.1) is 6.92 Å². The van der Waals surface area contributed by atoms with Gasteiger partial charge >= 0.3 is 0 Å². The molecule has 0 amide bonds. The predicted molar refractivity (Wildman–Crippen MR) is 61.5 cm³/mol. The van der Waals surface area contributed by atoms with E-state index < -0.39 is 6.10 Å². The zero-order valence-electron chi connectivity index (χ0n) is 8.71. The third-order valence-electron chi connectivity index (χ3n) is 2.25. The summed E-state index contributed by atoms with van der Waals surface area (Å²) in [4.78, 5) is 0. The van der Waals surface area contributed by atoms with E-state index in [1.165, 1.54) is 0 Å². The van der Waals surface area contributed by atoms with Gasteiger partial charge < -0.3 is 5.11 Å². The molecule has 1 rings (SSSR count). The molecule has 0 radical (unpaired) electrons. The van der Waals surface area contributed by atoms with Crippen molar-refractivity contribution < 1.29 is 5.11 Å². The molecule has 0 heterocycles. The van der Waals surface area contributed by atoms with Crippen molar-refractivity contribution >= 4 is 17.7 Å². The molecule has 76 valence electrons. The Hall–Kier alpha value is -0.790. The van der Waals surface area contributed by atoms with Gasteiger partial charge in [-0.15, -0.1) is 0 Å². The lowest BCUT2D eigenvalue weighted by Gasteiger charge is -2.05. The summed E-state index contributed by atoms with van der Waals surface area (Å²) in [6, 6.07) is 5.87. The molecule has 0 saturated carbocycles. The second-order valence-corrected chi connectivity index (χ2v) is 3.98. The van der Waals surface area contributed by atoms with E-state index in [0.717, 1.165) is 21.7 Å². The zero-order chi connectivity index (χ0) is 10.7. The van der Waals surface area contributed by atoms with E-state index in [9.17, 15) is 5.11 Å². The van der Waals surface area contributed by atoms with E-state index in [0.29, 0.717) is 0 Å². The number of aryl methyl sites for hydroxylation is 1. The van der Waals surface area contributed by atoms with E-state index in [4.69, 9.17) is 11.6 Å². The summed E-state index contributed by atoms with van der Waals surface area (Å²) in [6.45, 7) is 5.62. The lowest BCUT2D eigenvalue weighted by atomic mass is 10.1. The fraction of sp³-hybridized carbons (Fsp3) is 0.333. The Morgan fingerprint density at radius 2 is 2.14 bits per heavy atom. The van der Waals surface area contributed by atoms with Gasteiger partial charge in [0.05, 0.1) is 6.10 Å². The first-order valence-electron chi connectivity index (χ1n) is 4.63. The lowest BCUT2D eigenvalue weighted by Crippen LogP contribution is -2.00. The number of hydrogen-bond donors (Lipinski definition) is 1. The van der Waals surface area contributed by atoms with Crippen molar-refractivity contribution in [2.45, 2.75) is 26.9 Å². The minimum Gasteiger partial charge on any atom is -0.389 e. The van der Waals surface area contributed by atoms with Crippen LogP contribution in [-0.2, 0) is 0 Å². The number of aliphatic hydroxyl groups excluding tert-OH is 1.